The Hall–Kier alpha value is -1.68. The zero-order valence-electron chi connectivity index (χ0n) is 8.98. The molecule has 0 spiro atoms. The topological polar surface area (TPSA) is 36.3 Å². The second-order valence-corrected chi connectivity index (χ2v) is 3.45. The fourth-order valence-electron chi connectivity index (χ4n) is 1.43. The number of methoxy groups -OCH3 is 2. The molecule has 5 heteroatoms. The van der Waals surface area contributed by atoms with Crippen LogP contribution in [0.1, 0.15) is 0 Å². The van der Waals surface area contributed by atoms with Crippen molar-refractivity contribution in [1.29, 1.82) is 0 Å². The van der Waals surface area contributed by atoms with E-state index < -0.39 is 0 Å². The molecular formula is C11H11ClN2O2. The van der Waals surface area contributed by atoms with Gasteiger partial charge >= 0.3 is 0 Å². The van der Waals surface area contributed by atoms with E-state index in [1.807, 2.05) is 24.3 Å². The summed E-state index contributed by atoms with van der Waals surface area (Å²) >= 11 is 6.11. The molecule has 4 nitrogen and oxygen atoms in total. The lowest BCUT2D eigenvalue weighted by molar-refractivity contribution is 0.410. The summed E-state index contributed by atoms with van der Waals surface area (Å²) in [6, 6.07) is 7.50. The first-order valence-electron chi connectivity index (χ1n) is 4.69. The first-order chi connectivity index (χ1) is 7.77. The molecule has 1 heterocycles. The van der Waals surface area contributed by atoms with Gasteiger partial charge in [0, 0.05) is 0 Å². The number of para-hydroxylation sites is 2. The Morgan fingerprint density at radius 2 is 1.81 bits per heavy atom. The van der Waals surface area contributed by atoms with Crippen LogP contribution in [0.25, 0.3) is 5.69 Å². The standard InChI is InChI=1S/C11H11ClN2O2/c1-15-9-6-4-3-5-8(9)14-11(12)10(16-2)7-13-14/h3-7H,1-2H3. The monoisotopic (exact) mass is 238 g/mol. The Kier molecular flexibility index (Phi) is 3.01. The van der Waals surface area contributed by atoms with Crippen LogP contribution < -0.4 is 9.47 Å². The van der Waals surface area contributed by atoms with Crippen LogP contribution in [-0.4, -0.2) is 24.0 Å². The van der Waals surface area contributed by atoms with Crippen molar-refractivity contribution in [2.75, 3.05) is 14.2 Å². The molecule has 0 atom stereocenters. The van der Waals surface area contributed by atoms with E-state index in [4.69, 9.17) is 21.1 Å². The molecule has 0 N–H and O–H groups in total. The van der Waals surface area contributed by atoms with Crippen LogP contribution >= 0.6 is 11.6 Å². The minimum absolute atomic E-state index is 0.423. The number of aromatic nitrogens is 2. The molecule has 1 aromatic carbocycles. The van der Waals surface area contributed by atoms with E-state index in [0.717, 1.165) is 5.69 Å². The lowest BCUT2D eigenvalue weighted by Gasteiger charge is -2.08. The fourth-order valence-corrected chi connectivity index (χ4v) is 1.69. The van der Waals surface area contributed by atoms with Crippen LogP contribution in [0.4, 0.5) is 0 Å². The van der Waals surface area contributed by atoms with Crippen molar-refractivity contribution < 1.29 is 9.47 Å². The fraction of sp³-hybridized carbons (Fsp3) is 0.182. The molecule has 2 aromatic rings. The molecular weight excluding hydrogens is 228 g/mol. The number of rotatable bonds is 3. The Balaban J connectivity index is 2.54. The second kappa shape index (κ2) is 4.45. The number of nitrogens with zero attached hydrogens (tertiary/aromatic N) is 2. The van der Waals surface area contributed by atoms with E-state index in [-0.39, 0.29) is 0 Å². The van der Waals surface area contributed by atoms with Gasteiger partial charge in [-0.05, 0) is 12.1 Å². The average Bonchev–Trinajstić information content (AvgIpc) is 2.70. The molecule has 0 bridgehead atoms. The molecule has 0 aliphatic carbocycles. The third kappa shape index (κ3) is 1.72. The highest BCUT2D eigenvalue weighted by atomic mass is 35.5. The van der Waals surface area contributed by atoms with Gasteiger partial charge in [0.2, 0.25) is 0 Å². The summed E-state index contributed by atoms with van der Waals surface area (Å²) in [5, 5.41) is 4.57. The van der Waals surface area contributed by atoms with Crippen LogP contribution in [0.5, 0.6) is 11.5 Å². The van der Waals surface area contributed by atoms with Crippen molar-refractivity contribution in [3.05, 3.63) is 35.6 Å². The third-order valence-corrected chi connectivity index (χ3v) is 2.56. The summed E-state index contributed by atoms with van der Waals surface area (Å²) in [6.45, 7) is 0. The van der Waals surface area contributed by atoms with Crippen LogP contribution in [0, 0.1) is 0 Å². The van der Waals surface area contributed by atoms with Crippen LogP contribution in [0.2, 0.25) is 5.15 Å². The van der Waals surface area contributed by atoms with Gasteiger partial charge in [-0.15, -0.1) is 0 Å². The lowest BCUT2D eigenvalue weighted by Crippen LogP contribution is -1.99. The molecule has 0 radical (unpaired) electrons. The van der Waals surface area contributed by atoms with E-state index in [9.17, 15) is 0 Å². The zero-order chi connectivity index (χ0) is 11.5. The molecule has 0 saturated heterocycles. The van der Waals surface area contributed by atoms with E-state index in [1.165, 1.54) is 0 Å². The van der Waals surface area contributed by atoms with Crippen LogP contribution in [0.3, 0.4) is 0 Å². The van der Waals surface area contributed by atoms with Gasteiger partial charge in [-0.25, -0.2) is 4.68 Å². The first kappa shape index (κ1) is 10.8. The number of benzene rings is 1. The maximum absolute atomic E-state index is 6.11. The SMILES string of the molecule is COc1ccccc1-n1ncc(OC)c1Cl. The molecule has 0 saturated carbocycles. The number of ether oxygens (including phenoxy) is 2. The molecule has 0 aliphatic heterocycles. The Bertz CT molecular complexity index is 496. The van der Waals surface area contributed by atoms with Gasteiger partial charge in [-0.1, -0.05) is 23.7 Å². The summed E-state index contributed by atoms with van der Waals surface area (Å²) in [5.74, 6) is 1.24. The summed E-state index contributed by atoms with van der Waals surface area (Å²) in [4.78, 5) is 0. The molecule has 0 aliphatic rings. The highest BCUT2D eigenvalue weighted by Gasteiger charge is 2.13. The lowest BCUT2D eigenvalue weighted by atomic mass is 10.3. The number of halogens is 1. The van der Waals surface area contributed by atoms with Gasteiger partial charge < -0.3 is 9.47 Å². The highest BCUT2D eigenvalue weighted by molar-refractivity contribution is 6.31. The van der Waals surface area contributed by atoms with Gasteiger partial charge in [0.1, 0.15) is 11.4 Å². The van der Waals surface area contributed by atoms with Gasteiger partial charge in [0.15, 0.2) is 10.9 Å². The summed E-state index contributed by atoms with van der Waals surface area (Å²) < 4.78 is 11.9. The smallest absolute Gasteiger partial charge is 0.176 e. The van der Waals surface area contributed by atoms with Crippen LogP contribution in [-0.2, 0) is 0 Å². The predicted molar refractivity (Wildman–Crippen MR) is 61.7 cm³/mol. The van der Waals surface area contributed by atoms with Gasteiger partial charge in [0.05, 0.1) is 20.4 Å². The van der Waals surface area contributed by atoms with Crippen molar-refractivity contribution in [2.45, 2.75) is 0 Å². The first-order valence-corrected chi connectivity index (χ1v) is 5.06. The minimum atomic E-state index is 0.423. The normalized spacial score (nSPS) is 10.2. The molecule has 84 valence electrons. The van der Waals surface area contributed by atoms with Gasteiger partial charge in [0.25, 0.3) is 0 Å². The van der Waals surface area contributed by atoms with Crippen molar-refractivity contribution in [3.63, 3.8) is 0 Å². The quantitative estimate of drug-likeness (QED) is 0.825. The zero-order valence-corrected chi connectivity index (χ0v) is 9.73. The average molecular weight is 239 g/mol. The third-order valence-electron chi connectivity index (χ3n) is 2.21. The number of hydrogen-bond donors (Lipinski definition) is 0. The minimum Gasteiger partial charge on any atom is -0.494 e. The van der Waals surface area contributed by atoms with Crippen molar-refractivity contribution in [3.8, 4) is 17.2 Å². The molecule has 0 unspecified atom stereocenters. The Morgan fingerprint density at radius 3 is 2.44 bits per heavy atom. The maximum atomic E-state index is 6.11. The van der Waals surface area contributed by atoms with Crippen LogP contribution in [0.15, 0.2) is 30.5 Å². The predicted octanol–water partition coefficient (Wildman–Crippen LogP) is 2.54. The van der Waals surface area contributed by atoms with Crippen molar-refractivity contribution in [2.24, 2.45) is 0 Å². The van der Waals surface area contributed by atoms with Gasteiger partial charge in [-0.2, -0.15) is 5.10 Å². The second-order valence-electron chi connectivity index (χ2n) is 3.09. The van der Waals surface area contributed by atoms with Gasteiger partial charge in [-0.3, -0.25) is 0 Å². The van der Waals surface area contributed by atoms with E-state index >= 15 is 0 Å². The molecule has 1 aromatic heterocycles. The summed E-state index contributed by atoms with van der Waals surface area (Å²) in [6.07, 6.45) is 1.56. The van der Waals surface area contributed by atoms with E-state index in [1.54, 1.807) is 25.1 Å². The molecule has 16 heavy (non-hydrogen) atoms. The Labute approximate surface area is 98.4 Å². The van der Waals surface area contributed by atoms with Crippen molar-refractivity contribution >= 4 is 11.6 Å². The summed E-state index contributed by atoms with van der Waals surface area (Å²) in [5.41, 5.74) is 0.776. The molecule has 0 amide bonds. The number of hydrogen-bond acceptors (Lipinski definition) is 3. The van der Waals surface area contributed by atoms with E-state index in [0.29, 0.717) is 16.7 Å². The molecule has 0 fully saturated rings. The largest absolute Gasteiger partial charge is 0.494 e. The maximum Gasteiger partial charge on any atom is 0.176 e. The summed E-state index contributed by atoms with van der Waals surface area (Å²) in [7, 11) is 3.16. The highest BCUT2D eigenvalue weighted by Crippen LogP contribution is 2.30. The van der Waals surface area contributed by atoms with E-state index in [2.05, 4.69) is 5.10 Å². The van der Waals surface area contributed by atoms with Crippen molar-refractivity contribution in [1.82, 2.24) is 9.78 Å². The molecule has 2 rings (SSSR count). The Morgan fingerprint density at radius 1 is 1.12 bits per heavy atom.